The molecule has 4 rings (SSSR count). The Bertz CT molecular complexity index is 951. The van der Waals surface area contributed by atoms with Crippen molar-refractivity contribution in [1.82, 2.24) is 40.0 Å². The molecule has 1 fully saturated rings. The summed E-state index contributed by atoms with van der Waals surface area (Å²) in [6.45, 7) is 2.21. The monoisotopic (exact) mass is 368 g/mol. The van der Waals surface area contributed by atoms with Gasteiger partial charge in [-0.15, -0.1) is 10.2 Å². The zero-order valence-electron chi connectivity index (χ0n) is 15.9. The maximum atomic E-state index is 12.8. The lowest BCUT2D eigenvalue weighted by Gasteiger charge is -2.31. The van der Waals surface area contributed by atoms with Crippen molar-refractivity contribution in [1.29, 1.82) is 0 Å². The Hall–Kier alpha value is -2.81. The summed E-state index contributed by atoms with van der Waals surface area (Å²) in [6, 6.07) is 5.43. The van der Waals surface area contributed by atoms with Crippen LogP contribution in [-0.4, -0.2) is 73.1 Å². The average Bonchev–Trinajstić information content (AvgIpc) is 3.27. The largest absolute Gasteiger partial charge is 0.339 e. The minimum atomic E-state index is 0.0459. The molecule has 0 saturated carbocycles. The molecule has 1 amide bonds. The number of nitrogens with zero attached hydrogens (tertiary/aromatic N) is 7. The van der Waals surface area contributed by atoms with Gasteiger partial charge < -0.3 is 14.4 Å². The van der Waals surface area contributed by atoms with Gasteiger partial charge in [-0.3, -0.25) is 4.79 Å². The molecule has 0 aliphatic carbocycles. The highest BCUT2D eigenvalue weighted by Crippen LogP contribution is 2.28. The number of rotatable bonds is 4. The Labute approximate surface area is 157 Å². The van der Waals surface area contributed by atoms with Crippen LogP contribution in [0.3, 0.4) is 0 Å². The van der Waals surface area contributed by atoms with E-state index in [-0.39, 0.29) is 5.91 Å². The summed E-state index contributed by atoms with van der Waals surface area (Å²) in [4.78, 5) is 16.8. The molecule has 1 aliphatic heterocycles. The number of amides is 1. The molecule has 3 heterocycles. The van der Waals surface area contributed by atoms with Gasteiger partial charge in [0.25, 0.3) is 5.91 Å². The van der Waals surface area contributed by atoms with Crippen LogP contribution in [0.25, 0.3) is 11.0 Å². The van der Waals surface area contributed by atoms with E-state index in [0.29, 0.717) is 17.0 Å². The van der Waals surface area contributed by atoms with Gasteiger partial charge in [-0.05, 0) is 45.1 Å². The first-order valence-electron chi connectivity index (χ1n) is 9.15. The molecular formula is C18H24N8O. The first kappa shape index (κ1) is 17.6. The number of likely N-dealkylation sites (tertiary alicyclic amines) is 1. The van der Waals surface area contributed by atoms with E-state index in [0.717, 1.165) is 49.6 Å². The van der Waals surface area contributed by atoms with Gasteiger partial charge in [-0.1, -0.05) is 0 Å². The van der Waals surface area contributed by atoms with Gasteiger partial charge in [0.1, 0.15) is 22.7 Å². The minimum absolute atomic E-state index is 0.0459. The third-order valence-corrected chi connectivity index (χ3v) is 5.17. The molecule has 142 valence electrons. The van der Waals surface area contributed by atoms with Crippen molar-refractivity contribution < 1.29 is 4.79 Å². The Kier molecular flexibility index (Phi) is 4.61. The van der Waals surface area contributed by atoms with Crippen LogP contribution in [0.4, 0.5) is 0 Å². The summed E-state index contributed by atoms with van der Waals surface area (Å²) in [7, 11) is 6.07. The number of benzene rings is 1. The van der Waals surface area contributed by atoms with E-state index < -0.39 is 0 Å². The zero-order chi connectivity index (χ0) is 19.0. The maximum Gasteiger partial charge on any atom is 0.253 e. The average molecular weight is 368 g/mol. The van der Waals surface area contributed by atoms with E-state index in [1.54, 1.807) is 6.07 Å². The zero-order valence-corrected chi connectivity index (χ0v) is 15.9. The van der Waals surface area contributed by atoms with Crippen molar-refractivity contribution in [3.8, 4) is 0 Å². The van der Waals surface area contributed by atoms with Gasteiger partial charge in [0.15, 0.2) is 0 Å². The van der Waals surface area contributed by atoms with Gasteiger partial charge in [0, 0.05) is 31.6 Å². The molecule has 1 aromatic carbocycles. The summed E-state index contributed by atoms with van der Waals surface area (Å²) in [5.41, 5.74) is 2.13. The van der Waals surface area contributed by atoms with E-state index in [1.165, 1.54) is 0 Å². The van der Waals surface area contributed by atoms with Gasteiger partial charge in [0.2, 0.25) is 0 Å². The van der Waals surface area contributed by atoms with Crippen LogP contribution < -0.4 is 0 Å². The molecule has 0 atom stereocenters. The normalized spacial score (nSPS) is 15.8. The van der Waals surface area contributed by atoms with Crippen LogP contribution in [0.1, 0.15) is 40.8 Å². The third kappa shape index (κ3) is 3.42. The summed E-state index contributed by atoms with van der Waals surface area (Å²) in [6.07, 6.45) is 1.79. The Balaban J connectivity index is 1.42. The lowest BCUT2D eigenvalue weighted by molar-refractivity contribution is 0.0710. The van der Waals surface area contributed by atoms with Gasteiger partial charge in [-0.25, -0.2) is 0 Å². The molecule has 9 nitrogen and oxygen atoms in total. The molecule has 0 bridgehead atoms. The number of aromatic nitrogens is 6. The van der Waals surface area contributed by atoms with Crippen LogP contribution in [0.15, 0.2) is 18.2 Å². The van der Waals surface area contributed by atoms with Gasteiger partial charge in [-0.2, -0.15) is 15.4 Å². The summed E-state index contributed by atoms with van der Waals surface area (Å²) < 4.78 is 2.10. The smallest absolute Gasteiger partial charge is 0.253 e. The fourth-order valence-corrected chi connectivity index (χ4v) is 3.65. The van der Waals surface area contributed by atoms with Crippen LogP contribution in [0.2, 0.25) is 0 Å². The second-order valence-corrected chi connectivity index (χ2v) is 7.36. The molecule has 9 heteroatoms. The van der Waals surface area contributed by atoms with Gasteiger partial charge >= 0.3 is 0 Å². The second kappa shape index (κ2) is 7.07. The standard InChI is InChI=1S/C18H24N8O/c1-24(2)11-16-21-22-17(25(16)3)12-6-8-26(9-7-12)18(27)13-4-5-14-15(10-13)20-23-19-14/h4-5,10,12H,6-9,11H2,1-3H3,(H,19,20,23). The number of H-pyrrole nitrogens is 1. The number of fused-ring (bicyclic) bond motifs is 1. The predicted molar refractivity (Wildman–Crippen MR) is 100 cm³/mol. The molecule has 1 saturated heterocycles. The molecular weight excluding hydrogens is 344 g/mol. The molecule has 0 radical (unpaired) electrons. The van der Waals surface area contributed by atoms with E-state index in [9.17, 15) is 4.79 Å². The third-order valence-electron chi connectivity index (χ3n) is 5.17. The minimum Gasteiger partial charge on any atom is -0.339 e. The fourth-order valence-electron chi connectivity index (χ4n) is 3.65. The van der Waals surface area contributed by atoms with E-state index in [2.05, 4.69) is 35.1 Å². The fraction of sp³-hybridized carbons (Fsp3) is 0.500. The van der Waals surface area contributed by atoms with Crippen molar-refractivity contribution in [3.05, 3.63) is 35.4 Å². The quantitative estimate of drug-likeness (QED) is 0.743. The van der Waals surface area contributed by atoms with Crippen molar-refractivity contribution in [2.75, 3.05) is 27.2 Å². The number of carbonyl (C=O) groups is 1. The van der Waals surface area contributed by atoms with Crippen LogP contribution in [-0.2, 0) is 13.6 Å². The topological polar surface area (TPSA) is 95.8 Å². The highest BCUT2D eigenvalue weighted by molar-refractivity contribution is 5.97. The molecule has 1 N–H and O–H groups in total. The second-order valence-electron chi connectivity index (χ2n) is 7.36. The molecule has 2 aromatic heterocycles. The molecule has 27 heavy (non-hydrogen) atoms. The lowest BCUT2D eigenvalue weighted by Crippen LogP contribution is -2.38. The van der Waals surface area contributed by atoms with E-state index >= 15 is 0 Å². The number of piperidine rings is 1. The SMILES string of the molecule is CN(C)Cc1nnc(C2CCN(C(=O)c3ccc4n[nH]nc4c3)CC2)n1C. The Morgan fingerprint density at radius 2 is 1.93 bits per heavy atom. The van der Waals surface area contributed by atoms with E-state index in [4.69, 9.17) is 0 Å². The maximum absolute atomic E-state index is 12.8. The van der Waals surface area contributed by atoms with Gasteiger partial charge in [0.05, 0.1) is 6.54 Å². The highest BCUT2D eigenvalue weighted by Gasteiger charge is 2.28. The summed E-state index contributed by atoms with van der Waals surface area (Å²) in [5, 5.41) is 19.4. The van der Waals surface area contributed by atoms with Crippen molar-refractivity contribution >= 4 is 16.9 Å². The summed E-state index contributed by atoms with van der Waals surface area (Å²) in [5.74, 6) is 2.36. The van der Waals surface area contributed by atoms with Crippen molar-refractivity contribution in [2.24, 2.45) is 7.05 Å². The Morgan fingerprint density at radius 1 is 1.19 bits per heavy atom. The predicted octanol–water partition coefficient (Wildman–Crippen LogP) is 1.17. The molecule has 1 aliphatic rings. The van der Waals surface area contributed by atoms with Crippen LogP contribution in [0, 0.1) is 0 Å². The number of aromatic amines is 1. The molecule has 0 unspecified atom stereocenters. The highest BCUT2D eigenvalue weighted by atomic mass is 16.2. The van der Waals surface area contributed by atoms with Crippen molar-refractivity contribution in [3.63, 3.8) is 0 Å². The number of nitrogens with one attached hydrogen (secondary N) is 1. The molecule has 3 aromatic rings. The number of carbonyl (C=O) groups excluding carboxylic acids is 1. The first-order chi connectivity index (χ1) is 13.0. The van der Waals surface area contributed by atoms with Crippen LogP contribution in [0.5, 0.6) is 0 Å². The first-order valence-corrected chi connectivity index (χ1v) is 9.15. The van der Waals surface area contributed by atoms with E-state index in [1.807, 2.05) is 38.2 Å². The molecule has 0 spiro atoms. The number of hydrogen-bond acceptors (Lipinski definition) is 6. The van der Waals surface area contributed by atoms with Crippen LogP contribution >= 0.6 is 0 Å². The van der Waals surface area contributed by atoms with Crippen molar-refractivity contribution in [2.45, 2.75) is 25.3 Å². The summed E-state index contributed by atoms with van der Waals surface area (Å²) >= 11 is 0. The Morgan fingerprint density at radius 3 is 2.67 bits per heavy atom. The number of hydrogen-bond donors (Lipinski definition) is 1. The lowest BCUT2D eigenvalue weighted by atomic mass is 9.95.